The number of fused-ring (bicyclic) bond motifs is 6. The molecule has 3 aromatic carbocycles. The molecule has 2 aliphatic carbocycles. The van der Waals surface area contributed by atoms with Crippen LogP contribution < -0.4 is 9.80 Å². The maximum absolute atomic E-state index is 15.1. The van der Waals surface area contributed by atoms with Crippen LogP contribution in [0.15, 0.2) is 107 Å². The third-order valence-corrected chi connectivity index (χ3v) is 12.2. The number of nitrogens with zero attached hydrogens (tertiary/aromatic N) is 4. The van der Waals surface area contributed by atoms with Crippen LogP contribution in [-0.4, -0.2) is 72.2 Å². The molecule has 9 rings (SSSR count). The Hall–Kier alpha value is -5.75. The highest BCUT2D eigenvalue weighted by atomic mass is 16.6. The van der Waals surface area contributed by atoms with Crippen molar-refractivity contribution in [2.45, 2.75) is 25.3 Å². The lowest BCUT2D eigenvalue weighted by Crippen LogP contribution is -2.68. The first-order valence-corrected chi connectivity index (χ1v) is 17.9. The van der Waals surface area contributed by atoms with Gasteiger partial charge < -0.3 is 9.47 Å². The van der Waals surface area contributed by atoms with Gasteiger partial charge in [0.15, 0.2) is 0 Å². The van der Waals surface area contributed by atoms with Crippen LogP contribution in [-0.2, 0) is 39.9 Å². The molecule has 3 saturated heterocycles. The van der Waals surface area contributed by atoms with Crippen LogP contribution in [0.1, 0.15) is 18.9 Å². The fourth-order valence-corrected chi connectivity index (χ4v) is 10.3. The number of hydrogen-bond donors (Lipinski definition) is 0. The maximum Gasteiger partial charge on any atom is 0.424 e. The number of carbonyl (C=O) groups is 6. The van der Waals surface area contributed by atoms with Gasteiger partial charge in [-0.05, 0) is 48.1 Å². The van der Waals surface area contributed by atoms with Crippen molar-refractivity contribution in [3.63, 3.8) is 0 Å². The summed E-state index contributed by atoms with van der Waals surface area (Å²) in [6.45, 7) is 2.03. The minimum Gasteiger partial charge on any atom is -0.393 e. The SMILES string of the molecule is COCCN=C1OC(=O)N2C(=O)C3=C4C(C[C@H]5C(=O)N(c6ccccc6)C(=O)[C@H]5[C@H]4[C@@]12Cc1ccccc1)[C@H]1C(=O)N(c2ccccc2)C(=O)[C@H]1[C@H]3C. The number of cyclic esters (lactones) is 1. The zero-order valence-electron chi connectivity index (χ0n) is 29.1. The molecule has 4 heterocycles. The monoisotopic (exact) mass is 712 g/mol. The molecule has 0 radical (unpaired) electrons. The summed E-state index contributed by atoms with van der Waals surface area (Å²) in [5.74, 6) is -8.78. The van der Waals surface area contributed by atoms with Crippen molar-refractivity contribution in [3.8, 4) is 0 Å². The number of imide groups is 3. The Kier molecular flexibility index (Phi) is 7.60. The van der Waals surface area contributed by atoms with Crippen molar-refractivity contribution >= 4 is 52.9 Å². The van der Waals surface area contributed by atoms with Crippen LogP contribution in [0, 0.1) is 41.4 Å². The Balaban J connectivity index is 1.31. The molecule has 4 fully saturated rings. The van der Waals surface area contributed by atoms with Crippen LogP contribution >= 0.6 is 0 Å². The van der Waals surface area contributed by atoms with E-state index in [0.29, 0.717) is 16.9 Å². The summed E-state index contributed by atoms with van der Waals surface area (Å²) in [6, 6.07) is 26.6. The molecule has 12 heteroatoms. The van der Waals surface area contributed by atoms with Crippen LogP contribution in [0.2, 0.25) is 0 Å². The fraction of sp³-hybridized carbons (Fsp3) is 0.341. The molecule has 1 unspecified atom stereocenters. The van der Waals surface area contributed by atoms with Gasteiger partial charge in [-0.2, -0.15) is 0 Å². The van der Waals surface area contributed by atoms with Gasteiger partial charge in [-0.25, -0.2) is 9.69 Å². The van der Waals surface area contributed by atoms with Gasteiger partial charge in [0.25, 0.3) is 5.91 Å². The van der Waals surface area contributed by atoms with Gasteiger partial charge in [0.1, 0.15) is 5.54 Å². The van der Waals surface area contributed by atoms with Gasteiger partial charge in [-0.3, -0.25) is 38.8 Å². The zero-order chi connectivity index (χ0) is 36.8. The van der Waals surface area contributed by atoms with E-state index in [1.54, 1.807) is 67.6 Å². The second-order valence-corrected chi connectivity index (χ2v) is 14.6. The van der Waals surface area contributed by atoms with Gasteiger partial charge in [-0.1, -0.05) is 79.2 Å². The van der Waals surface area contributed by atoms with E-state index in [1.807, 2.05) is 30.3 Å². The van der Waals surface area contributed by atoms with Gasteiger partial charge in [-0.15, -0.1) is 0 Å². The van der Waals surface area contributed by atoms with Gasteiger partial charge >= 0.3 is 6.09 Å². The van der Waals surface area contributed by atoms with Crippen LogP contribution in [0.3, 0.4) is 0 Å². The van der Waals surface area contributed by atoms with Gasteiger partial charge in [0.05, 0.1) is 48.2 Å². The van der Waals surface area contributed by atoms with E-state index in [0.717, 1.165) is 10.5 Å². The minimum absolute atomic E-state index is 0.0345. The molecule has 6 aliphatic rings. The summed E-state index contributed by atoms with van der Waals surface area (Å²) in [4.78, 5) is 96.2. The summed E-state index contributed by atoms with van der Waals surface area (Å²) in [5.41, 5.74) is 0.667. The minimum atomic E-state index is -1.66. The number of amides is 6. The fourth-order valence-electron chi connectivity index (χ4n) is 10.3. The van der Waals surface area contributed by atoms with E-state index in [-0.39, 0.29) is 37.5 Å². The molecule has 3 aromatic rings. The Morgan fingerprint density at radius 3 is 1.92 bits per heavy atom. The first-order chi connectivity index (χ1) is 25.7. The van der Waals surface area contributed by atoms with Crippen LogP contribution in [0.25, 0.3) is 0 Å². The number of benzene rings is 3. The van der Waals surface area contributed by atoms with E-state index < -0.39 is 82.6 Å². The topological polar surface area (TPSA) is 143 Å². The largest absolute Gasteiger partial charge is 0.424 e. The normalized spacial score (nSPS) is 32.3. The highest BCUT2D eigenvalue weighted by Gasteiger charge is 2.75. The van der Waals surface area contributed by atoms with Crippen molar-refractivity contribution in [1.82, 2.24) is 4.90 Å². The number of ether oxygens (including phenoxy) is 2. The number of hydrogen-bond acceptors (Lipinski definition) is 9. The predicted molar refractivity (Wildman–Crippen MR) is 190 cm³/mol. The molecule has 12 nitrogen and oxygen atoms in total. The van der Waals surface area contributed by atoms with E-state index in [4.69, 9.17) is 14.5 Å². The van der Waals surface area contributed by atoms with Crippen LogP contribution in [0.4, 0.5) is 16.2 Å². The Morgan fingerprint density at radius 2 is 1.30 bits per heavy atom. The first-order valence-electron chi connectivity index (χ1n) is 17.9. The Labute approximate surface area is 305 Å². The molecule has 0 spiro atoms. The molecule has 0 bridgehead atoms. The summed E-state index contributed by atoms with van der Waals surface area (Å²) < 4.78 is 11.2. The van der Waals surface area contributed by atoms with Crippen molar-refractivity contribution in [3.05, 3.63) is 108 Å². The third kappa shape index (κ3) is 4.48. The van der Waals surface area contributed by atoms with Gasteiger partial charge in [0, 0.05) is 25.0 Å². The molecule has 8 atom stereocenters. The number of rotatable bonds is 7. The summed E-state index contributed by atoms with van der Waals surface area (Å²) in [5, 5.41) is 0. The smallest absolute Gasteiger partial charge is 0.393 e. The lowest BCUT2D eigenvalue weighted by Gasteiger charge is -2.56. The molecule has 53 heavy (non-hydrogen) atoms. The Morgan fingerprint density at radius 1 is 0.736 bits per heavy atom. The van der Waals surface area contributed by atoms with Crippen molar-refractivity contribution in [2.75, 3.05) is 30.1 Å². The lowest BCUT2D eigenvalue weighted by atomic mass is 9.49. The quantitative estimate of drug-likeness (QED) is 0.262. The number of aliphatic imine (C=N–C) groups is 1. The molecule has 4 aliphatic heterocycles. The summed E-state index contributed by atoms with van der Waals surface area (Å²) in [7, 11) is 1.52. The van der Waals surface area contributed by atoms with Gasteiger partial charge in [0.2, 0.25) is 29.5 Å². The molecule has 0 N–H and O–H groups in total. The second-order valence-electron chi connectivity index (χ2n) is 14.6. The lowest BCUT2D eigenvalue weighted by molar-refractivity contribution is -0.139. The average Bonchev–Trinajstić information content (AvgIpc) is 3.70. The highest BCUT2D eigenvalue weighted by molar-refractivity contribution is 6.26. The molecule has 6 amide bonds. The zero-order valence-corrected chi connectivity index (χ0v) is 29.1. The highest BCUT2D eigenvalue weighted by Crippen LogP contribution is 2.64. The number of para-hydroxylation sites is 2. The van der Waals surface area contributed by atoms with Crippen LogP contribution in [0.5, 0.6) is 0 Å². The van der Waals surface area contributed by atoms with Crippen molar-refractivity contribution in [1.29, 1.82) is 0 Å². The molecular weight excluding hydrogens is 676 g/mol. The molecule has 268 valence electrons. The Bertz CT molecular complexity index is 2150. The van der Waals surface area contributed by atoms with E-state index in [2.05, 4.69) is 0 Å². The predicted octanol–water partition coefficient (Wildman–Crippen LogP) is 4.20. The number of anilines is 2. The maximum atomic E-state index is 15.1. The van der Waals surface area contributed by atoms with E-state index in [9.17, 15) is 24.0 Å². The molecule has 0 aromatic heterocycles. The standard InChI is InChI=1S/C41H36N4O8/c1-22-28-30-26(31-29(22)35(47)44(36(31)48)25-16-10-5-11-17-25)20-27-32(37(49)43(34(27)46)24-14-8-4-9-15-24)33(30)41(21-23-12-6-3-7-13-23)39(42-18-19-52-2)53-40(51)45(41)38(28)50/h3-17,22,26-27,29,31-33H,18-21H2,1-2H3/t22-,26?,27+,29-,31+,32+,33-,41-/m0/s1. The number of methoxy groups -OCH3 is 1. The van der Waals surface area contributed by atoms with Crippen molar-refractivity contribution in [2.24, 2.45) is 46.4 Å². The van der Waals surface area contributed by atoms with Crippen molar-refractivity contribution < 1.29 is 38.2 Å². The molecule has 1 saturated carbocycles. The van der Waals surface area contributed by atoms with E-state index >= 15 is 4.79 Å². The van der Waals surface area contributed by atoms with E-state index in [1.165, 1.54) is 16.9 Å². The number of carbonyl (C=O) groups excluding carboxylic acids is 6. The second kappa shape index (κ2) is 12.2. The molecular formula is C41H36N4O8. The third-order valence-electron chi connectivity index (χ3n) is 12.2. The summed E-state index contributed by atoms with van der Waals surface area (Å²) >= 11 is 0. The summed E-state index contributed by atoms with van der Waals surface area (Å²) in [6.07, 6.45) is -0.839. The first kappa shape index (κ1) is 33.1. The average molecular weight is 713 g/mol.